The Kier molecular flexibility index (Phi) is 4.84. The molecule has 1 amide bonds. The van der Waals surface area contributed by atoms with Gasteiger partial charge in [0.15, 0.2) is 11.5 Å². The molecule has 35 heavy (non-hydrogen) atoms. The Hall–Kier alpha value is -3.26. The van der Waals surface area contributed by atoms with Crippen LogP contribution in [-0.4, -0.2) is 71.2 Å². The molecule has 1 spiro atoms. The number of rotatable bonds is 4. The van der Waals surface area contributed by atoms with Gasteiger partial charge < -0.3 is 23.9 Å². The number of nitrogens with zero attached hydrogens (tertiary/aromatic N) is 2. The fourth-order valence-corrected chi connectivity index (χ4v) is 7.37. The summed E-state index contributed by atoms with van der Waals surface area (Å²) in [6.07, 6.45) is 8.65. The second-order valence-corrected chi connectivity index (χ2v) is 10.3. The largest absolute Gasteiger partial charge is 0.504 e. The summed E-state index contributed by atoms with van der Waals surface area (Å²) in [4.78, 5) is 29.8. The Labute approximate surface area is 204 Å². The van der Waals surface area contributed by atoms with Gasteiger partial charge in [0.1, 0.15) is 11.7 Å². The molecular weight excluding hydrogens is 448 g/mol. The molecule has 6 rings (SSSR count). The molecule has 1 saturated heterocycles. The number of carbonyl (C=O) groups excluding carboxylic acids is 2. The summed E-state index contributed by atoms with van der Waals surface area (Å²) in [6, 6.07) is 5.20. The second kappa shape index (κ2) is 7.62. The molecule has 0 radical (unpaired) electrons. The Morgan fingerprint density at radius 3 is 2.86 bits per heavy atom. The topological polar surface area (TPSA) is 92.5 Å². The molecule has 0 unspecified atom stereocenters. The number of aromatic hydroxyl groups is 1. The molecule has 3 heterocycles. The van der Waals surface area contributed by atoms with Crippen LogP contribution in [0.15, 0.2) is 41.2 Å². The first kappa shape index (κ1) is 22.2. The van der Waals surface area contributed by atoms with E-state index in [9.17, 15) is 14.7 Å². The van der Waals surface area contributed by atoms with Crippen LogP contribution in [0.3, 0.4) is 0 Å². The summed E-state index contributed by atoms with van der Waals surface area (Å²) in [5.41, 5.74) is 1.48. The zero-order chi connectivity index (χ0) is 24.5. The number of benzene rings is 1. The van der Waals surface area contributed by atoms with Gasteiger partial charge in [0, 0.05) is 31.2 Å². The Balaban J connectivity index is 1.46. The van der Waals surface area contributed by atoms with Crippen molar-refractivity contribution < 1.29 is 28.6 Å². The number of likely N-dealkylation sites (tertiary alicyclic amines) is 1. The van der Waals surface area contributed by atoms with Crippen LogP contribution in [0, 0.1) is 0 Å². The standard InChI is InChI=1S/C27H30N2O6/c1-16(30)35-27-10-8-19(29(3)22(32)7-4-17-9-13-33-15-17)25-26(27)11-12-28(2)21(27)14-18-5-6-20(31)24(34-25)23(18)26/h4-7,9,13,15,19,21,25,31H,8,10-12,14H2,1-3H3/b7-4+/t19-,21+,25-,26-,27+/m0/s1. The number of furan rings is 1. The molecule has 2 aromatic rings. The van der Waals surface area contributed by atoms with Gasteiger partial charge in [-0.1, -0.05) is 6.07 Å². The predicted octanol–water partition coefficient (Wildman–Crippen LogP) is 2.88. The van der Waals surface area contributed by atoms with Gasteiger partial charge in [-0.2, -0.15) is 0 Å². The maximum Gasteiger partial charge on any atom is 0.303 e. The summed E-state index contributed by atoms with van der Waals surface area (Å²) in [7, 11) is 3.88. The smallest absolute Gasteiger partial charge is 0.303 e. The first-order valence-electron chi connectivity index (χ1n) is 12.2. The van der Waals surface area contributed by atoms with E-state index in [0.717, 1.165) is 29.7 Å². The van der Waals surface area contributed by atoms with E-state index in [0.29, 0.717) is 25.0 Å². The van der Waals surface area contributed by atoms with Crippen molar-refractivity contribution in [1.29, 1.82) is 0 Å². The van der Waals surface area contributed by atoms with Gasteiger partial charge in [0.2, 0.25) is 5.91 Å². The third-order valence-corrected chi connectivity index (χ3v) is 8.79. The highest BCUT2D eigenvalue weighted by Crippen LogP contribution is 2.66. The quantitative estimate of drug-likeness (QED) is 0.534. The van der Waals surface area contributed by atoms with Crippen molar-refractivity contribution in [3.05, 3.63) is 53.5 Å². The lowest BCUT2D eigenvalue weighted by Crippen LogP contribution is -2.78. The third kappa shape index (κ3) is 2.89. The minimum atomic E-state index is -0.782. The molecule has 5 atom stereocenters. The van der Waals surface area contributed by atoms with E-state index >= 15 is 0 Å². The molecule has 1 N–H and O–H groups in total. The molecule has 1 saturated carbocycles. The van der Waals surface area contributed by atoms with Crippen molar-refractivity contribution >= 4 is 18.0 Å². The number of amides is 1. The number of likely N-dealkylation sites (N-methyl/N-ethyl adjacent to an activating group) is 2. The number of phenols is 1. The average Bonchev–Trinajstić information content (AvgIpc) is 3.46. The van der Waals surface area contributed by atoms with E-state index in [-0.39, 0.29) is 29.7 Å². The molecule has 2 fully saturated rings. The van der Waals surface area contributed by atoms with Crippen LogP contribution < -0.4 is 4.74 Å². The Bertz CT molecular complexity index is 1220. The van der Waals surface area contributed by atoms with Gasteiger partial charge in [-0.05, 0) is 63.0 Å². The lowest BCUT2D eigenvalue weighted by atomic mass is 9.48. The monoisotopic (exact) mass is 478 g/mol. The minimum absolute atomic E-state index is 0.00260. The summed E-state index contributed by atoms with van der Waals surface area (Å²) in [5.74, 6) is 0.117. The zero-order valence-corrected chi connectivity index (χ0v) is 20.2. The molecule has 184 valence electrons. The number of hydrogen-bond acceptors (Lipinski definition) is 7. The number of phenolic OH excluding ortho intramolecular Hbond substituents is 1. The van der Waals surface area contributed by atoms with Crippen LogP contribution in [0.25, 0.3) is 6.08 Å². The van der Waals surface area contributed by atoms with Crippen molar-refractivity contribution in [1.82, 2.24) is 9.80 Å². The fraction of sp³-hybridized carbons (Fsp3) is 0.481. The van der Waals surface area contributed by atoms with Crippen molar-refractivity contribution in [3.8, 4) is 11.5 Å². The normalized spacial score (nSPS) is 32.7. The van der Waals surface area contributed by atoms with E-state index in [1.54, 1.807) is 48.8 Å². The van der Waals surface area contributed by atoms with Crippen LogP contribution in [0.2, 0.25) is 0 Å². The van der Waals surface area contributed by atoms with Gasteiger partial charge in [0.05, 0.1) is 30.0 Å². The third-order valence-electron chi connectivity index (χ3n) is 8.79. The molecular formula is C27H30N2O6. The molecule has 4 aliphatic rings. The average molecular weight is 479 g/mol. The van der Waals surface area contributed by atoms with Crippen molar-refractivity contribution in [2.75, 3.05) is 20.6 Å². The molecule has 2 aliphatic carbocycles. The highest BCUT2D eigenvalue weighted by Gasteiger charge is 2.75. The number of piperidine rings is 1. The maximum atomic E-state index is 13.2. The van der Waals surface area contributed by atoms with Crippen molar-refractivity contribution in [2.45, 2.75) is 61.8 Å². The summed E-state index contributed by atoms with van der Waals surface area (Å²) >= 11 is 0. The summed E-state index contributed by atoms with van der Waals surface area (Å²) < 4.78 is 18.0. The van der Waals surface area contributed by atoms with Crippen molar-refractivity contribution in [2.24, 2.45) is 0 Å². The zero-order valence-electron chi connectivity index (χ0n) is 20.2. The van der Waals surface area contributed by atoms with Crippen LogP contribution in [0.5, 0.6) is 11.5 Å². The van der Waals surface area contributed by atoms with Crippen LogP contribution in [0.1, 0.15) is 42.9 Å². The number of hydrogen-bond donors (Lipinski definition) is 1. The first-order chi connectivity index (χ1) is 16.8. The van der Waals surface area contributed by atoms with E-state index in [1.165, 1.54) is 6.92 Å². The molecule has 8 heteroatoms. The molecule has 1 aromatic heterocycles. The Morgan fingerprint density at radius 1 is 1.29 bits per heavy atom. The van der Waals surface area contributed by atoms with Gasteiger partial charge in [-0.3, -0.25) is 14.5 Å². The summed E-state index contributed by atoms with van der Waals surface area (Å²) in [6.45, 7) is 2.28. The molecule has 2 aliphatic heterocycles. The number of esters is 1. The maximum absolute atomic E-state index is 13.2. The lowest BCUT2D eigenvalue weighted by Gasteiger charge is -2.65. The SMILES string of the molecule is CC(=O)O[C@@]12CC[C@H](N(C)C(=O)/C=C/c3ccoc3)[C@@H]3Oc4c(O)ccc5c4[C@@]31CCN(C)[C@@H]2C5. The van der Waals surface area contributed by atoms with E-state index in [4.69, 9.17) is 13.9 Å². The highest BCUT2D eigenvalue weighted by molar-refractivity contribution is 5.92. The van der Waals surface area contributed by atoms with Crippen molar-refractivity contribution in [3.63, 3.8) is 0 Å². The predicted molar refractivity (Wildman–Crippen MR) is 127 cm³/mol. The van der Waals surface area contributed by atoms with Crippen LogP contribution in [-0.2, 0) is 26.2 Å². The number of ether oxygens (including phenoxy) is 2. The molecule has 8 nitrogen and oxygen atoms in total. The van der Waals surface area contributed by atoms with Gasteiger partial charge >= 0.3 is 5.97 Å². The first-order valence-corrected chi connectivity index (χ1v) is 12.2. The second-order valence-electron chi connectivity index (χ2n) is 10.3. The van der Waals surface area contributed by atoms with Gasteiger partial charge in [-0.15, -0.1) is 0 Å². The van der Waals surface area contributed by atoms with Gasteiger partial charge in [-0.25, -0.2) is 0 Å². The summed E-state index contributed by atoms with van der Waals surface area (Å²) in [5, 5.41) is 10.8. The van der Waals surface area contributed by atoms with Crippen LogP contribution >= 0.6 is 0 Å². The molecule has 1 aromatic carbocycles. The fourth-order valence-electron chi connectivity index (χ4n) is 7.37. The highest BCUT2D eigenvalue weighted by atomic mass is 16.6. The van der Waals surface area contributed by atoms with E-state index in [1.807, 2.05) is 6.07 Å². The van der Waals surface area contributed by atoms with Crippen LogP contribution in [0.4, 0.5) is 0 Å². The minimum Gasteiger partial charge on any atom is -0.504 e. The van der Waals surface area contributed by atoms with Gasteiger partial charge in [0.25, 0.3) is 0 Å². The Morgan fingerprint density at radius 2 is 2.11 bits per heavy atom. The lowest BCUT2D eigenvalue weighted by molar-refractivity contribution is -0.220. The molecule has 2 bridgehead atoms. The van der Waals surface area contributed by atoms with E-state index in [2.05, 4.69) is 11.9 Å². The number of carbonyl (C=O) groups is 2. The van der Waals surface area contributed by atoms with E-state index < -0.39 is 17.1 Å².